The molecule has 0 amide bonds. The first-order valence-electron chi connectivity index (χ1n) is 11.4. The number of rotatable bonds is 4. The lowest BCUT2D eigenvalue weighted by atomic mass is 9.75. The third kappa shape index (κ3) is 3.42. The number of ether oxygens (including phenoxy) is 1. The summed E-state index contributed by atoms with van der Waals surface area (Å²) in [6, 6.07) is 25.7. The lowest BCUT2D eigenvalue weighted by Gasteiger charge is -2.34. The number of benzene rings is 3. The maximum Gasteiger partial charge on any atom is 0.329 e. The molecule has 5 rings (SSSR count). The van der Waals surface area contributed by atoms with Crippen molar-refractivity contribution < 1.29 is 9.53 Å². The maximum absolute atomic E-state index is 13.4. The van der Waals surface area contributed by atoms with Gasteiger partial charge in [-0.15, -0.1) is 0 Å². The Balaban J connectivity index is 1.73. The highest BCUT2D eigenvalue weighted by Gasteiger charge is 2.54. The van der Waals surface area contributed by atoms with Crippen molar-refractivity contribution in [1.82, 2.24) is 4.90 Å². The van der Waals surface area contributed by atoms with E-state index >= 15 is 0 Å². The zero-order valence-corrected chi connectivity index (χ0v) is 18.9. The molecule has 4 atom stereocenters. The molecule has 3 heteroatoms. The van der Waals surface area contributed by atoms with Crippen LogP contribution in [0.25, 0.3) is 6.08 Å². The molecule has 32 heavy (non-hydrogen) atoms. The van der Waals surface area contributed by atoms with Crippen LogP contribution in [0, 0.1) is 13.8 Å². The highest BCUT2D eigenvalue weighted by molar-refractivity contribution is 5.80. The number of hydrogen-bond acceptors (Lipinski definition) is 3. The van der Waals surface area contributed by atoms with Crippen LogP contribution in [0.3, 0.4) is 0 Å². The number of fused-ring (bicyclic) bond motifs is 3. The average molecular weight is 424 g/mol. The van der Waals surface area contributed by atoms with Gasteiger partial charge >= 0.3 is 5.97 Å². The van der Waals surface area contributed by atoms with Crippen molar-refractivity contribution in [2.45, 2.75) is 44.7 Å². The molecule has 0 N–H and O–H groups in total. The average Bonchev–Trinajstić information content (AvgIpc) is 3.16. The van der Waals surface area contributed by atoms with Gasteiger partial charge in [0.1, 0.15) is 6.04 Å². The van der Waals surface area contributed by atoms with Crippen LogP contribution in [0.15, 0.2) is 79.0 Å². The topological polar surface area (TPSA) is 29.5 Å². The van der Waals surface area contributed by atoms with E-state index in [0.29, 0.717) is 6.61 Å². The Morgan fingerprint density at radius 2 is 1.44 bits per heavy atom. The molecule has 2 heterocycles. The van der Waals surface area contributed by atoms with Gasteiger partial charge in [0, 0.05) is 18.0 Å². The number of hydrogen-bond donors (Lipinski definition) is 0. The third-order valence-electron chi connectivity index (χ3n) is 6.90. The summed E-state index contributed by atoms with van der Waals surface area (Å²) >= 11 is 0. The minimum Gasteiger partial charge on any atom is -0.464 e. The second-order valence-electron chi connectivity index (χ2n) is 8.91. The molecule has 0 radical (unpaired) electrons. The SMILES string of the molecule is CCOC(=O)C1C(c2ccc(C)cc2)C(c2ccc(C)cc2)C2c3ccccc3C=CN12. The molecule has 0 spiro atoms. The van der Waals surface area contributed by atoms with Gasteiger partial charge in [0.15, 0.2) is 0 Å². The quantitative estimate of drug-likeness (QED) is 0.472. The Hall–Kier alpha value is -3.33. The van der Waals surface area contributed by atoms with Crippen molar-refractivity contribution in [3.63, 3.8) is 0 Å². The van der Waals surface area contributed by atoms with E-state index in [9.17, 15) is 4.79 Å². The molecule has 162 valence electrons. The van der Waals surface area contributed by atoms with Crippen LogP contribution in [-0.4, -0.2) is 23.5 Å². The summed E-state index contributed by atoms with van der Waals surface area (Å²) in [5, 5.41) is 0. The second kappa shape index (κ2) is 8.31. The van der Waals surface area contributed by atoms with Crippen LogP contribution in [-0.2, 0) is 9.53 Å². The number of esters is 1. The predicted molar refractivity (Wildman–Crippen MR) is 128 cm³/mol. The van der Waals surface area contributed by atoms with Crippen LogP contribution >= 0.6 is 0 Å². The molecule has 4 unspecified atom stereocenters. The summed E-state index contributed by atoms with van der Waals surface area (Å²) in [7, 11) is 0. The first-order valence-corrected chi connectivity index (χ1v) is 11.4. The van der Waals surface area contributed by atoms with Gasteiger partial charge in [-0.3, -0.25) is 0 Å². The van der Waals surface area contributed by atoms with Gasteiger partial charge < -0.3 is 9.64 Å². The van der Waals surface area contributed by atoms with E-state index in [2.05, 4.69) is 104 Å². The fraction of sp³-hybridized carbons (Fsp3) is 0.276. The summed E-state index contributed by atoms with van der Waals surface area (Å²) < 4.78 is 5.63. The Morgan fingerprint density at radius 1 is 0.844 bits per heavy atom. The van der Waals surface area contributed by atoms with Crippen molar-refractivity contribution in [2.24, 2.45) is 0 Å². The van der Waals surface area contributed by atoms with Crippen molar-refractivity contribution in [1.29, 1.82) is 0 Å². The first-order chi connectivity index (χ1) is 15.6. The van der Waals surface area contributed by atoms with Crippen LogP contribution in [0.2, 0.25) is 0 Å². The van der Waals surface area contributed by atoms with Crippen molar-refractivity contribution in [3.05, 3.63) is 112 Å². The maximum atomic E-state index is 13.4. The third-order valence-corrected chi connectivity index (χ3v) is 6.90. The molecular formula is C29H29NO2. The Morgan fingerprint density at radius 3 is 2.06 bits per heavy atom. The highest BCUT2D eigenvalue weighted by atomic mass is 16.5. The molecule has 3 nitrogen and oxygen atoms in total. The zero-order chi connectivity index (χ0) is 22.2. The van der Waals surface area contributed by atoms with E-state index in [-0.39, 0.29) is 29.9 Å². The van der Waals surface area contributed by atoms with Gasteiger partial charge in [-0.05, 0) is 49.1 Å². The fourth-order valence-corrected chi connectivity index (χ4v) is 5.43. The van der Waals surface area contributed by atoms with E-state index in [1.54, 1.807) is 0 Å². The standard InChI is InChI=1S/C29H29NO2/c1-4-32-29(31)28-26(23-15-11-20(3)12-16-23)25(22-13-9-19(2)10-14-22)27-24-8-6-5-7-21(24)17-18-30(27)28/h5-18,25-28H,4H2,1-3H3. The zero-order valence-electron chi connectivity index (χ0n) is 18.9. The van der Waals surface area contributed by atoms with Gasteiger partial charge in [0.2, 0.25) is 0 Å². The van der Waals surface area contributed by atoms with Crippen molar-refractivity contribution >= 4 is 12.0 Å². The molecule has 2 aliphatic rings. The molecule has 1 saturated heterocycles. The summed E-state index contributed by atoms with van der Waals surface area (Å²) in [4.78, 5) is 15.6. The second-order valence-corrected chi connectivity index (χ2v) is 8.91. The lowest BCUT2D eigenvalue weighted by molar-refractivity contribution is -0.148. The Bertz CT molecular complexity index is 1150. The first kappa shape index (κ1) is 20.6. The normalized spacial score (nSPS) is 23.5. The molecule has 0 bridgehead atoms. The molecule has 0 aromatic heterocycles. The Labute approximate surface area is 190 Å². The monoisotopic (exact) mass is 423 g/mol. The van der Waals surface area contributed by atoms with Gasteiger partial charge in [-0.2, -0.15) is 0 Å². The van der Waals surface area contributed by atoms with E-state index in [0.717, 1.165) is 0 Å². The van der Waals surface area contributed by atoms with Crippen LogP contribution in [0.4, 0.5) is 0 Å². The number of aryl methyl sites for hydroxylation is 2. The number of carbonyl (C=O) groups is 1. The highest BCUT2D eigenvalue weighted by Crippen LogP contribution is 2.57. The lowest BCUT2D eigenvalue weighted by Crippen LogP contribution is -2.38. The molecule has 0 saturated carbocycles. The minimum atomic E-state index is -0.376. The summed E-state index contributed by atoms with van der Waals surface area (Å²) in [5.74, 6) is -0.0429. The molecule has 3 aromatic carbocycles. The molecule has 0 aliphatic carbocycles. The van der Waals surface area contributed by atoms with E-state index in [1.807, 2.05) is 6.92 Å². The summed E-state index contributed by atoms with van der Waals surface area (Å²) in [5.41, 5.74) is 7.38. The van der Waals surface area contributed by atoms with Crippen molar-refractivity contribution in [2.75, 3.05) is 6.61 Å². The van der Waals surface area contributed by atoms with Crippen LogP contribution < -0.4 is 0 Å². The molecular weight excluding hydrogens is 394 g/mol. The molecule has 3 aromatic rings. The molecule has 1 fully saturated rings. The molecule has 2 aliphatic heterocycles. The van der Waals surface area contributed by atoms with E-state index in [4.69, 9.17) is 4.74 Å². The Kier molecular flexibility index (Phi) is 5.34. The van der Waals surface area contributed by atoms with E-state index < -0.39 is 0 Å². The minimum absolute atomic E-state index is 0.0156. The van der Waals surface area contributed by atoms with Crippen LogP contribution in [0.5, 0.6) is 0 Å². The van der Waals surface area contributed by atoms with Crippen molar-refractivity contribution in [3.8, 4) is 0 Å². The van der Waals surface area contributed by atoms with E-state index in [1.165, 1.54) is 33.4 Å². The number of nitrogens with zero attached hydrogens (tertiary/aromatic N) is 1. The van der Waals surface area contributed by atoms with Crippen LogP contribution in [0.1, 0.15) is 58.2 Å². The smallest absolute Gasteiger partial charge is 0.329 e. The summed E-state index contributed by atoms with van der Waals surface area (Å²) in [6.45, 7) is 6.47. The van der Waals surface area contributed by atoms with Gasteiger partial charge in [-0.25, -0.2) is 4.79 Å². The van der Waals surface area contributed by atoms with Gasteiger partial charge in [-0.1, -0.05) is 83.9 Å². The summed E-state index contributed by atoms with van der Waals surface area (Å²) in [6.07, 6.45) is 4.23. The number of carbonyl (C=O) groups excluding carboxylic acids is 1. The van der Waals surface area contributed by atoms with Gasteiger partial charge in [0.25, 0.3) is 0 Å². The largest absolute Gasteiger partial charge is 0.464 e. The predicted octanol–water partition coefficient (Wildman–Crippen LogP) is 6.14. The van der Waals surface area contributed by atoms with Gasteiger partial charge in [0.05, 0.1) is 12.6 Å². The fourth-order valence-electron chi connectivity index (χ4n) is 5.43.